The molecule has 4 heterocycles. The van der Waals surface area contributed by atoms with Crippen molar-refractivity contribution >= 4 is 17.5 Å². The normalized spacial score (nSPS) is 14.2. The molecule has 186 valence electrons. The van der Waals surface area contributed by atoms with E-state index in [1.54, 1.807) is 24.5 Å². The zero-order chi connectivity index (χ0) is 25.7. The Labute approximate surface area is 204 Å². The number of aliphatic carboxylic acids is 1. The highest BCUT2D eigenvalue weighted by atomic mass is 19.4. The van der Waals surface area contributed by atoms with E-state index in [1.807, 2.05) is 39.9 Å². The van der Waals surface area contributed by atoms with Gasteiger partial charge in [-0.15, -0.1) is 0 Å². The molecule has 0 unspecified atom stereocenters. The largest absolute Gasteiger partial charge is 0.490 e. The molecule has 11 heteroatoms. The predicted octanol–water partition coefficient (Wildman–Crippen LogP) is 4.44. The first kappa shape index (κ1) is 24.8. The minimum Gasteiger partial charge on any atom is -0.475 e. The third kappa shape index (κ3) is 5.85. The molecule has 0 atom stereocenters. The number of pyridine rings is 2. The van der Waals surface area contributed by atoms with Gasteiger partial charge >= 0.3 is 12.1 Å². The molecule has 0 radical (unpaired) electrons. The summed E-state index contributed by atoms with van der Waals surface area (Å²) in [4.78, 5) is 32.1. The summed E-state index contributed by atoms with van der Waals surface area (Å²) in [6.07, 6.45) is 2.01. The van der Waals surface area contributed by atoms with Crippen LogP contribution >= 0.6 is 0 Å². The summed E-state index contributed by atoms with van der Waals surface area (Å²) >= 11 is 0. The second-order valence-corrected chi connectivity index (χ2v) is 8.16. The third-order valence-electron chi connectivity index (χ3n) is 5.77. The minimum atomic E-state index is -5.08. The molecule has 36 heavy (non-hydrogen) atoms. The topological polar surface area (TPSA) is 101 Å². The molecular formula is C25H22F3N5O3. The number of amides is 1. The summed E-state index contributed by atoms with van der Waals surface area (Å²) in [6, 6.07) is 17.9. The highest BCUT2D eigenvalue weighted by molar-refractivity contribution is 5.94. The fourth-order valence-electron chi connectivity index (χ4n) is 3.89. The van der Waals surface area contributed by atoms with Gasteiger partial charge in [-0.25, -0.2) is 14.3 Å². The van der Waals surface area contributed by atoms with E-state index in [2.05, 4.69) is 23.2 Å². The van der Waals surface area contributed by atoms with Crippen LogP contribution in [0.5, 0.6) is 0 Å². The number of halogens is 3. The van der Waals surface area contributed by atoms with Gasteiger partial charge in [0.05, 0.1) is 0 Å². The number of benzene rings is 1. The molecular weight excluding hydrogens is 475 g/mol. The maximum atomic E-state index is 12.6. The van der Waals surface area contributed by atoms with Crippen LogP contribution in [0.1, 0.15) is 34.9 Å². The summed E-state index contributed by atoms with van der Waals surface area (Å²) in [5.74, 6) is -1.54. The lowest BCUT2D eigenvalue weighted by Gasteiger charge is -2.30. The maximum absolute atomic E-state index is 12.6. The molecule has 3 aromatic heterocycles. The van der Waals surface area contributed by atoms with Gasteiger partial charge in [-0.05, 0) is 42.7 Å². The van der Waals surface area contributed by atoms with Crippen LogP contribution in [-0.2, 0) is 4.79 Å². The molecule has 1 aliphatic rings. The number of carbonyl (C=O) groups is 2. The van der Waals surface area contributed by atoms with Gasteiger partial charge in [-0.3, -0.25) is 9.78 Å². The Morgan fingerprint density at radius 2 is 1.56 bits per heavy atom. The standard InChI is InChI=1S/C23H21N5O.C2HF3O2/c29-23(19-8-12-24-13-9-19)27-14-10-18(11-15-27)22-25-21-7-6-20(16-28(21)26-22)17-4-2-1-3-5-17;3-2(4,5)1(6)7/h1-9,12-13,16,18H,10-11,14-15H2;(H,6,7). The maximum Gasteiger partial charge on any atom is 0.490 e. The zero-order valence-corrected chi connectivity index (χ0v) is 19.0. The Morgan fingerprint density at radius 1 is 0.917 bits per heavy atom. The van der Waals surface area contributed by atoms with Crippen molar-refractivity contribution in [1.29, 1.82) is 0 Å². The lowest BCUT2D eigenvalue weighted by molar-refractivity contribution is -0.192. The first-order valence-corrected chi connectivity index (χ1v) is 11.1. The number of piperidine rings is 1. The van der Waals surface area contributed by atoms with Gasteiger partial charge in [-0.2, -0.15) is 18.3 Å². The molecule has 1 saturated heterocycles. The van der Waals surface area contributed by atoms with Gasteiger partial charge in [0.1, 0.15) is 0 Å². The van der Waals surface area contributed by atoms with Gasteiger partial charge in [0.15, 0.2) is 11.5 Å². The van der Waals surface area contributed by atoms with Crippen molar-refractivity contribution < 1.29 is 27.9 Å². The molecule has 0 spiro atoms. The molecule has 0 saturated carbocycles. The van der Waals surface area contributed by atoms with Gasteiger partial charge in [-0.1, -0.05) is 30.3 Å². The summed E-state index contributed by atoms with van der Waals surface area (Å²) < 4.78 is 33.6. The van der Waals surface area contributed by atoms with Crippen LogP contribution < -0.4 is 0 Å². The second kappa shape index (κ2) is 10.5. The van der Waals surface area contributed by atoms with E-state index < -0.39 is 12.1 Å². The van der Waals surface area contributed by atoms with Crippen LogP contribution in [-0.4, -0.2) is 60.7 Å². The van der Waals surface area contributed by atoms with Crippen molar-refractivity contribution in [3.8, 4) is 11.1 Å². The van der Waals surface area contributed by atoms with E-state index in [1.165, 1.54) is 0 Å². The Bertz CT molecular complexity index is 1340. The number of aromatic nitrogens is 4. The number of carbonyl (C=O) groups excluding carboxylic acids is 1. The summed E-state index contributed by atoms with van der Waals surface area (Å²) in [5.41, 5.74) is 3.83. The molecule has 4 aromatic rings. The Morgan fingerprint density at radius 3 is 2.17 bits per heavy atom. The van der Waals surface area contributed by atoms with Crippen LogP contribution in [0.15, 0.2) is 73.2 Å². The van der Waals surface area contributed by atoms with Crippen molar-refractivity contribution in [3.05, 3.63) is 84.6 Å². The number of carboxylic acid groups (broad SMARTS) is 1. The fourth-order valence-corrected chi connectivity index (χ4v) is 3.89. The van der Waals surface area contributed by atoms with Crippen molar-refractivity contribution in [3.63, 3.8) is 0 Å². The quantitative estimate of drug-likeness (QED) is 0.449. The van der Waals surface area contributed by atoms with Gasteiger partial charge < -0.3 is 10.0 Å². The van der Waals surface area contributed by atoms with Crippen molar-refractivity contribution in [2.75, 3.05) is 13.1 Å². The lowest BCUT2D eigenvalue weighted by Crippen LogP contribution is -2.38. The van der Waals surface area contributed by atoms with Gasteiger partial charge in [0.25, 0.3) is 5.91 Å². The van der Waals surface area contributed by atoms with Crippen LogP contribution in [0.2, 0.25) is 0 Å². The van der Waals surface area contributed by atoms with Crippen molar-refractivity contribution in [2.24, 2.45) is 0 Å². The molecule has 1 aromatic carbocycles. The molecule has 1 amide bonds. The smallest absolute Gasteiger partial charge is 0.475 e. The summed E-state index contributed by atoms with van der Waals surface area (Å²) in [6.45, 7) is 1.44. The molecule has 8 nitrogen and oxygen atoms in total. The number of fused-ring (bicyclic) bond motifs is 1. The third-order valence-corrected chi connectivity index (χ3v) is 5.77. The summed E-state index contributed by atoms with van der Waals surface area (Å²) in [5, 5.41) is 11.9. The van der Waals surface area contributed by atoms with Crippen LogP contribution in [0.25, 0.3) is 16.8 Å². The van der Waals surface area contributed by atoms with Gasteiger partial charge in [0, 0.05) is 48.7 Å². The second-order valence-electron chi connectivity index (χ2n) is 8.16. The zero-order valence-electron chi connectivity index (χ0n) is 19.0. The van der Waals surface area contributed by atoms with Crippen LogP contribution in [0.4, 0.5) is 13.2 Å². The first-order chi connectivity index (χ1) is 17.2. The first-order valence-electron chi connectivity index (χ1n) is 11.1. The van der Waals surface area contributed by atoms with E-state index in [-0.39, 0.29) is 11.8 Å². The number of alkyl halides is 3. The molecule has 0 bridgehead atoms. The van der Waals surface area contributed by atoms with Gasteiger partial charge in [0.2, 0.25) is 0 Å². The molecule has 0 aliphatic carbocycles. The Balaban J connectivity index is 0.000000384. The average molecular weight is 497 g/mol. The molecule has 1 fully saturated rings. The highest BCUT2D eigenvalue weighted by Crippen LogP contribution is 2.27. The number of nitrogens with zero attached hydrogens (tertiary/aromatic N) is 5. The predicted molar refractivity (Wildman–Crippen MR) is 124 cm³/mol. The number of rotatable bonds is 3. The van der Waals surface area contributed by atoms with E-state index in [0.29, 0.717) is 5.56 Å². The van der Waals surface area contributed by atoms with Crippen molar-refractivity contribution in [2.45, 2.75) is 24.9 Å². The fraction of sp³-hybridized carbons (Fsp3) is 0.240. The number of hydrogen-bond acceptors (Lipinski definition) is 5. The van der Waals surface area contributed by atoms with E-state index >= 15 is 0 Å². The van der Waals surface area contributed by atoms with E-state index in [9.17, 15) is 18.0 Å². The molecule has 5 rings (SSSR count). The summed E-state index contributed by atoms with van der Waals surface area (Å²) in [7, 11) is 0. The number of hydrogen-bond donors (Lipinski definition) is 1. The van der Waals surface area contributed by atoms with Crippen LogP contribution in [0, 0.1) is 0 Å². The SMILES string of the molecule is O=C(O)C(F)(F)F.O=C(c1ccncc1)N1CCC(c2nc3ccc(-c4ccccc4)cn3n2)CC1. The number of carboxylic acids is 1. The number of likely N-dealkylation sites (tertiary alicyclic amines) is 1. The highest BCUT2D eigenvalue weighted by Gasteiger charge is 2.38. The average Bonchev–Trinajstić information content (AvgIpc) is 3.33. The van der Waals surface area contributed by atoms with E-state index in [4.69, 9.17) is 20.0 Å². The Kier molecular flexibility index (Phi) is 7.28. The monoisotopic (exact) mass is 497 g/mol. The van der Waals surface area contributed by atoms with E-state index in [0.717, 1.165) is 48.5 Å². The molecule has 1 aliphatic heterocycles. The van der Waals surface area contributed by atoms with Crippen LogP contribution in [0.3, 0.4) is 0 Å². The van der Waals surface area contributed by atoms with Crippen molar-refractivity contribution in [1.82, 2.24) is 24.5 Å². The molecule has 1 N–H and O–H groups in total. The minimum absolute atomic E-state index is 0.0707. The lowest BCUT2D eigenvalue weighted by atomic mass is 9.96. The Hall–Kier alpha value is -4.28.